The molecule has 0 fully saturated rings. The van der Waals surface area contributed by atoms with Gasteiger partial charge in [0.15, 0.2) is 5.41 Å². The summed E-state index contributed by atoms with van der Waals surface area (Å²) in [6, 6.07) is 6.10. The Morgan fingerprint density at radius 1 is 1.50 bits per heavy atom. The third-order valence-electron chi connectivity index (χ3n) is 2.01. The van der Waals surface area contributed by atoms with E-state index in [0.717, 1.165) is 5.56 Å². The normalized spacial score (nSPS) is 10.1. The van der Waals surface area contributed by atoms with E-state index in [9.17, 15) is 0 Å². The van der Waals surface area contributed by atoms with Crippen molar-refractivity contribution in [2.24, 2.45) is 5.41 Å². The average molecular weight is 202 g/mol. The first-order chi connectivity index (χ1) is 6.76. The minimum Gasteiger partial charge on any atom is -0.197 e. The zero-order valence-electron chi connectivity index (χ0n) is 7.73. The topological polar surface area (TPSA) is 47.6 Å². The molecule has 1 aromatic rings. The van der Waals surface area contributed by atoms with E-state index < -0.39 is 5.41 Å². The van der Waals surface area contributed by atoms with Crippen molar-refractivity contribution in [2.45, 2.75) is 12.8 Å². The summed E-state index contributed by atoms with van der Waals surface area (Å²) in [5.74, 6) is 0. The van der Waals surface area contributed by atoms with Crippen LogP contribution in [-0.4, -0.2) is 0 Å². The second-order valence-corrected chi connectivity index (χ2v) is 3.89. The molecule has 70 valence electrons. The molecule has 0 N–H and O–H groups in total. The average Bonchev–Trinajstić information content (AvgIpc) is 2.69. The summed E-state index contributed by atoms with van der Waals surface area (Å²) in [5.41, 5.74) is 0.1000. The quantitative estimate of drug-likeness (QED) is 0.705. The molecule has 0 saturated carbocycles. The largest absolute Gasteiger partial charge is 0.197 e. The second-order valence-electron chi connectivity index (χ2n) is 3.11. The van der Waals surface area contributed by atoms with Gasteiger partial charge in [0, 0.05) is 6.42 Å². The summed E-state index contributed by atoms with van der Waals surface area (Å²) in [7, 11) is 0. The van der Waals surface area contributed by atoms with E-state index in [1.807, 2.05) is 16.8 Å². The fourth-order valence-electron chi connectivity index (χ4n) is 1.26. The number of hydrogen-bond donors (Lipinski definition) is 0. The molecule has 1 rings (SSSR count). The highest BCUT2D eigenvalue weighted by atomic mass is 32.1. The lowest BCUT2D eigenvalue weighted by Crippen LogP contribution is -2.18. The maximum atomic E-state index is 8.99. The number of nitriles is 2. The molecular weight excluding hydrogens is 192 g/mol. The molecule has 0 spiro atoms. The standard InChI is InChI=1S/C11H10N2S/c1-2-4-11(8-12,9-13)6-10-3-5-14-7-10/h2-3,5,7H,1,4,6H2. The van der Waals surface area contributed by atoms with Crippen LogP contribution < -0.4 is 0 Å². The number of thiophene rings is 1. The summed E-state index contributed by atoms with van der Waals surface area (Å²) in [4.78, 5) is 0. The summed E-state index contributed by atoms with van der Waals surface area (Å²) >= 11 is 1.57. The molecule has 14 heavy (non-hydrogen) atoms. The van der Waals surface area contributed by atoms with Crippen molar-refractivity contribution in [3.63, 3.8) is 0 Å². The van der Waals surface area contributed by atoms with Crippen molar-refractivity contribution in [1.29, 1.82) is 10.5 Å². The SMILES string of the molecule is C=CCC(C#N)(C#N)Cc1ccsc1. The Bertz CT molecular complexity index is 364. The van der Waals surface area contributed by atoms with E-state index in [1.54, 1.807) is 17.4 Å². The Morgan fingerprint density at radius 2 is 2.21 bits per heavy atom. The van der Waals surface area contributed by atoms with Crippen molar-refractivity contribution in [3.8, 4) is 12.1 Å². The zero-order chi connectivity index (χ0) is 10.4. The van der Waals surface area contributed by atoms with Gasteiger partial charge in [0.25, 0.3) is 0 Å². The van der Waals surface area contributed by atoms with E-state index in [0.29, 0.717) is 12.8 Å². The molecule has 0 bridgehead atoms. The molecule has 1 heterocycles. The van der Waals surface area contributed by atoms with Gasteiger partial charge in [0.1, 0.15) is 0 Å². The van der Waals surface area contributed by atoms with Gasteiger partial charge in [-0.3, -0.25) is 0 Å². The van der Waals surface area contributed by atoms with Crippen LogP contribution in [0.15, 0.2) is 29.5 Å². The van der Waals surface area contributed by atoms with Gasteiger partial charge in [0.2, 0.25) is 0 Å². The van der Waals surface area contributed by atoms with Gasteiger partial charge in [-0.15, -0.1) is 6.58 Å². The van der Waals surface area contributed by atoms with Crippen LogP contribution in [0.1, 0.15) is 12.0 Å². The Morgan fingerprint density at radius 3 is 2.64 bits per heavy atom. The van der Waals surface area contributed by atoms with Crippen LogP contribution in [0.5, 0.6) is 0 Å². The summed E-state index contributed by atoms with van der Waals surface area (Å²) in [5, 5.41) is 21.9. The molecule has 0 aromatic carbocycles. The molecule has 0 saturated heterocycles. The highest BCUT2D eigenvalue weighted by Gasteiger charge is 2.28. The van der Waals surface area contributed by atoms with Crippen LogP contribution in [0.4, 0.5) is 0 Å². The molecule has 2 nitrogen and oxygen atoms in total. The predicted molar refractivity (Wildman–Crippen MR) is 56.5 cm³/mol. The van der Waals surface area contributed by atoms with Crippen molar-refractivity contribution < 1.29 is 0 Å². The maximum Gasteiger partial charge on any atom is 0.151 e. The number of hydrogen-bond acceptors (Lipinski definition) is 3. The van der Waals surface area contributed by atoms with Crippen LogP contribution in [0.2, 0.25) is 0 Å². The highest BCUT2D eigenvalue weighted by Crippen LogP contribution is 2.27. The minimum absolute atomic E-state index is 0.413. The van der Waals surface area contributed by atoms with Crippen molar-refractivity contribution in [1.82, 2.24) is 0 Å². The monoisotopic (exact) mass is 202 g/mol. The summed E-state index contributed by atoms with van der Waals surface area (Å²) in [6.07, 6.45) is 2.52. The number of nitrogens with zero attached hydrogens (tertiary/aromatic N) is 2. The van der Waals surface area contributed by atoms with Gasteiger partial charge in [-0.1, -0.05) is 6.08 Å². The molecule has 0 radical (unpaired) electrons. The smallest absolute Gasteiger partial charge is 0.151 e. The maximum absolute atomic E-state index is 8.99. The van der Waals surface area contributed by atoms with Crippen LogP contribution in [0, 0.1) is 28.1 Å². The molecule has 0 atom stereocenters. The molecule has 0 aliphatic heterocycles. The Kier molecular flexibility index (Phi) is 3.45. The lowest BCUT2D eigenvalue weighted by molar-refractivity contribution is 0.528. The molecule has 3 heteroatoms. The third kappa shape index (κ3) is 2.22. The van der Waals surface area contributed by atoms with Gasteiger partial charge >= 0.3 is 0 Å². The first-order valence-corrected chi connectivity index (χ1v) is 5.15. The predicted octanol–water partition coefficient (Wildman–Crippen LogP) is 2.90. The second kappa shape index (κ2) is 4.60. The lowest BCUT2D eigenvalue weighted by Gasteiger charge is -2.14. The summed E-state index contributed by atoms with van der Waals surface area (Å²) < 4.78 is 0. The molecule has 0 aliphatic carbocycles. The van der Waals surface area contributed by atoms with Crippen LogP contribution in [0.25, 0.3) is 0 Å². The highest BCUT2D eigenvalue weighted by molar-refractivity contribution is 7.07. The molecule has 1 aromatic heterocycles. The van der Waals surface area contributed by atoms with E-state index in [2.05, 4.69) is 18.7 Å². The van der Waals surface area contributed by atoms with Crippen LogP contribution in [0.3, 0.4) is 0 Å². The van der Waals surface area contributed by atoms with Crippen molar-refractivity contribution in [3.05, 3.63) is 35.0 Å². The first-order valence-electron chi connectivity index (χ1n) is 4.21. The van der Waals surface area contributed by atoms with E-state index in [4.69, 9.17) is 10.5 Å². The van der Waals surface area contributed by atoms with Crippen molar-refractivity contribution >= 4 is 11.3 Å². The van der Waals surface area contributed by atoms with Gasteiger partial charge in [0.05, 0.1) is 12.1 Å². The van der Waals surface area contributed by atoms with Crippen molar-refractivity contribution in [2.75, 3.05) is 0 Å². The first kappa shape index (κ1) is 10.5. The lowest BCUT2D eigenvalue weighted by atomic mass is 9.82. The third-order valence-corrected chi connectivity index (χ3v) is 2.74. The Balaban J connectivity index is 2.86. The number of rotatable bonds is 4. The summed E-state index contributed by atoms with van der Waals surface area (Å²) in [6.45, 7) is 3.57. The Labute approximate surface area is 87.7 Å². The van der Waals surface area contributed by atoms with E-state index in [1.165, 1.54) is 0 Å². The molecule has 0 amide bonds. The zero-order valence-corrected chi connectivity index (χ0v) is 8.55. The van der Waals surface area contributed by atoms with E-state index in [-0.39, 0.29) is 0 Å². The minimum atomic E-state index is -0.942. The van der Waals surface area contributed by atoms with E-state index >= 15 is 0 Å². The number of allylic oxidation sites excluding steroid dienone is 1. The van der Waals surface area contributed by atoms with Gasteiger partial charge in [-0.25, -0.2) is 0 Å². The van der Waals surface area contributed by atoms with Gasteiger partial charge < -0.3 is 0 Å². The molecule has 0 aliphatic rings. The van der Waals surface area contributed by atoms with Crippen LogP contribution >= 0.6 is 11.3 Å². The van der Waals surface area contributed by atoms with Gasteiger partial charge in [-0.05, 0) is 28.8 Å². The molecule has 0 unspecified atom stereocenters. The van der Waals surface area contributed by atoms with Crippen LogP contribution in [-0.2, 0) is 6.42 Å². The fourth-order valence-corrected chi connectivity index (χ4v) is 1.92. The Hall–Kier alpha value is -1.58. The van der Waals surface area contributed by atoms with Gasteiger partial charge in [-0.2, -0.15) is 21.9 Å². The molecular formula is C11H10N2S. The fraction of sp³-hybridized carbons (Fsp3) is 0.273.